The number of azo groups is 1. The Morgan fingerprint density at radius 3 is 2.24 bits per heavy atom. The van der Waals surface area contributed by atoms with Crippen molar-refractivity contribution in [1.29, 1.82) is 0 Å². The molecule has 0 fully saturated rings. The van der Waals surface area contributed by atoms with Gasteiger partial charge in [-0.2, -0.15) is 10.2 Å². The number of hydrogen-bond acceptors (Lipinski definition) is 3. The average molecular weight is 290 g/mol. The van der Waals surface area contributed by atoms with E-state index in [2.05, 4.69) is 22.5 Å². The van der Waals surface area contributed by atoms with Crippen molar-refractivity contribution < 1.29 is 4.79 Å². The minimum absolute atomic E-state index is 0.209. The van der Waals surface area contributed by atoms with Crippen LogP contribution in [0.1, 0.15) is 41.0 Å². The molecule has 5 heteroatoms. The van der Waals surface area contributed by atoms with Gasteiger partial charge >= 0.3 is 6.03 Å². The van der Waals surface area contributed by atoms with Gasteiger partial charge in [0.05, 0.1) is 5.54 Å². The average Bonchev–Trinajstić information content (AvgIpc) is 2.45. The summed E-state index contributed by atoms with van der Waals surface area (Å²) >= 11 is 0. The fourth-order valence-electron chi connectivity index (χ4n) is 1.47. The number of amides is 2. The Labute approximate surface area is 127 Å². The van der Waals surface area contributed by atoms with E-state index in [4.69, 9.17) is 0 Å². The molecule has 0 radical (unpaired) electrons. The number of rotatable bonds is 5. The van der Waals surface area contributed by atoms with Crippen molar-refractivity contribution in [2.45, 2.75) is 52.2 Å². The number of anilines is 1. The molecule has 116 valence electrons. The number of benzene rings is 1. The summed E-state index contributed by atoms with van der Waals surface area (Å²) in [4.78, 5) is 13.8. The number of carbonyl (C=O) groups excluding carboxylic acids is 1. The Morgan fingerprint density at radius 2 is 1.71 bits per heavy atom. The molecule has 0 aliphatic carbocycles. The first-order chi connectivity index (χ1) is 9.67. The fraction of sp³-hybridized carbons (Fsp3) is 0.562. The van der Waals surface area contributed by atoms with E-state index in [1.54, 1.807) is 11.9 Å². The highest BCUT2D eigenvalue weighted by molar-refractivity contribution is 5.91. The van der Waals surface area contributed by atoms with Crippen molar-refractivity contribution in [3.8, 4) is 0 Å². The lowest BCUT2D eigenvalue weighted by Gasteiger charge is -2.26. The third-order valence-corrected chi connectivity index (χ3v) is 3.30. The maximum atomic E-state index is 12.3. The van der Waals surface area contributed by atoms with E-state index in [0.717, 1.165) is 12.1 Å². The topological polar surface area (TPSA) is 57.1 Å². The Morgan fingerprint density at radius 1 is 1.14 bits per heavy atom. The molecule has 1 rings (SSSR count). The smallest absolute Gasteiger partial charge is 0.312 e. The van der Waals surface area contributed by atoms with Gasteiger partial charge < -0.3 is 5.32 Å². The third-order valence-electron chi connectivity index (χ3n) is 3.30. The molecule has 0 aliphatic rings. The van der Waals surface area contributed by atoms with Gasteiger partial charge in [-0.25, -0.2) is 4.79 Å². The number of carbonyl (C=O) groups is 1. The summed E-state index contributed by atoms with van der Waals surface area (Å²) in [5.41, 5.74) is -0.128. The lowest BCUT2D eigenvalue weighted by atomic mass is 10.0. The molecule has 0 spiro atoms. The second-order valence-electron chi connectivity index (χ2n) is 6.25. The van der Waals surface area contributed by atoms with E-state index in [1.807, 2.05) is 58.0 Å². The van der Waals surface area contributed by atoms with E-state index in [9.17, 15) is 4.79 Å². The predicted molar refractivity (Wildman–Crippen MR) is 86.7 cm³/mol. The highest BCUT2D eigenvalue weighted by atomic mass is 16.2. The number of para-hydroxylation sites is 1. The van der Waals surface area contributed by atoms with Gasteiger partial charge in [0.25, 0.3) is 0 Å². The first kappa shape index (κ1) is 17.1. The van der Waals surface area contributed by atoms with Crippen molar-refractivity contribution in [2.75, 3.05) is 11.9 Å². The van der Waals surface area contributed by atoms with E-state index >= 15 is 0 Å². The highest BCUT2D eigenvalue weighted by Gasteiger charge is 2.24. The Kier molecular flexibility index (Phi) is 5.47. The Balaban J connectivity index is 2.73. The van der Waals surface area contributed by atoms with Gasteiger partial charge in [-0.15, -0.1) is 0 Å². The molecule has 0 heterocycles. The standard InChI is InChI=1S/C16H26N4O/c1-7-15(2,3)18-19-16(4,5)17-14(21)20(6)13-11-9-8-10-12-13/h8-12H,7H2,1-6H3,(H,17,21). The molecular weight excluding hydrogens is 264 g/mol. The number of nitrogens with one attached hydrogen (secondary N) is 1. The van der Waals surface area contributed by atoms with Gasteiger partial charge in [0.2, 0.25) is 0 Å². The molecule has 21 heavy (non-hydrogen) atoms. The Hall–Kier alpha value is -1.91. The molecule has 0 aliphatic heterocycles. The summed E-state index contributed by atoms with van der Waals surface area (Å²) in [6.07, 6.45) is 0.893. The monoisotopic (exact) mass is 290 g/mol. The SMILES string of the molecule is CCC(C)(C)N=NC(C)(C)NC(=O)N(C)c1ccccc1. The molecule has 0 atom stereocenters. The molecule has 5 nitrogen and oxygen atoms in total. The van der Waals surface area contributed by atoms with E-state index in [1.165, 1.54) is 0 Å². The maximum Gasteiger partial charge on any atom is 0.323 e. The normalized spacial score (nSPS) is 12.5. The fourth-order valence-corrected chi connectivity index (χ4v) is 1.47. The zero-order chi connectivity index (χ0) is 16.1. The zero-order valence-electron chi connectivity index (χ0n) is 13.8. The van der Waals surface area contributed by atoms with Gasteiger partial charge in [-0.05, 0) is 46.2 Å². The molecule has 0 saturated heterocycles. The summed E-state index contributed by atoms with van der Waals surface area (Å²) in [6.45, 7) is 9.76. The van der Waals surface area contributed by atoms with E-state index < -0.39 is 5.66 Å². The van der Waals surface area contributed by atoms with Crippen molar-refractivity contribution in [1.82, 2.24) is 5.32 Å². The van der Waals surface area contributed by atoms with Gasteiger partial charge in [0.1, 0.15) is 5.66 Å². The molecular formula is C16H26N4O. The summed E-state index contributed by atoms with van der Waals surface area (Å²) in [7, 11) is 1.73. The number of urea groups is 1. The van der Waals surface area contributed by atoms with Crippen LogP contribution in [0.3, 0.4) is 0 Å². The van der Waals surface area contributed by atoms with Crippen LogP contribution in [0.4, 0.5) is 10.5 Å². The molecule has 0 bridgehead atoms. The summed E-state index contributed by atoms with van der Waals surface area (Å²) in [5, 5.41) is 11.5. The maximum absolute atomic E-state index is 12.3. The molecule has 1 aromatic carbocycles. The van der Waals surface area contributed by atoms with Gasteiger partial charge in [0.15, 0.2) is 0 Å². The molecule has 0 aromatic heterocycles. The van der Waals surface area contributed by atoms with Gasteiger partial charge in [-0.1, -0.05) is 25.1 Å². The lowest BCUT2D eigenvalue weighted by Crippen LogP contribution is -2.48. The minimum atomic E-state index is -0.743. The predicted octanol–water partition coefficient (Wildman–Crippen LogP) is 4.21. The van der Waals surface area contributed by atoms with Crippen molar-refractivity contribution >= 4 is 11.7 Å². The van der Waals surface area contributed by atoms with Crippen molar-refractivity contribution in [3.05, 3.63) is 30.3 Å². The molecule has 1 aromatic rings. The van der Waals surface area contributed by atoms with Crippen LogP contribution in [0, 0.1) is 0 Å². The molecule has 0 saturated carbocycles. The summed E-state index contributed by atoms with van der Waals surface area (Å²) in [6, 6.07) is 9.27. The molecule has 0 unspecified atom stereocenters. The summed E-state index contributed by atoms with van der Waals surface area (Å²) in [5.74, 6) is 0. The largest absolute Gasteiger partial charge is 0.323 e. The lowest BCUT2D eigenvalue weighted by molar-refractivity contribution is 0.235. The third kappa shape index (κ3) is 5.53. The zero-order valence-corrected chi connectivity index (χ0v) is 13.8. The first-order valence-electron chi connectivity index (χ1n) is 7.22. The van der Waals surface area contributed by atoms with Crippen LogP contribution in [0.25, 0.3) is 0 Å². The molecule has 2 amide bonds. The van der Waals surface area contributed by atoms with Crippen LogP contribution in [-0.2, 0) is 0 Å². The number of hydrogen-bond donors (Lipinski definition) is 1. The van der Waals surface area contributed by atoms with Crippen LogP contribution in [0.2, 0.25) is 0 Å². The molecule has 1 N–H and O–H groups in total. The summed E-state index contributed by atoms with van der Waals surface area (Å²) < 4.78 is 0. The quantitative estimate of drug-likeness (QED) is 0.811. The van der Waals surface area contributed by atoms with Crippen molar-refractivity contribution in [2.24, 2.45) is 10.2 Å². The van der Waals surface area contributed by atoms with Gasteiger partial charge in [-0.3, -0.25) is 4.90 Å². The Bertz CT molecular complexity index is 494. The van der Waals surface area contributed by atoms with Crippen molar-refractivity contribution in [3.63, 3.8) is 0 Å². The van der Waals surface area contributed by atoms with Crippen LogP contribution in [0.15, 0.2) is 40.6 Å². The van der Waals surface area contributed by atoms with Crippen LogP contribution >= 0.6 is 0 Å². The second kappa shape index (κ2) is 6.70. The van der Waals surface area contributed by atoms with Crippen LogP contribution in [0.5, 0.6) is 0 Å². The number of nitrogens with zero attached hydrogens (tertiary/aromatic N) is 3. The first-order valence-corrected chi connectivity index (χ1v) is 7.22. The highest BCUT2D eigenvalue weighted by Crippen LogP contribution is 2.18. The van der Waals surface area contributed by atoms with E-state index in [0.29, 0.717) is 0 Å². The van der Waals surface area contributed by atoms with Crippen LogP contribution < -0.4 is 10.2 Å². The minimum Gasteiger partial charge on any atom is -0.312 e. The second-order valence-corrected chi connectivity index (χ2v) is 6.25. The van der Waals surface area contributed by atoms with Gasteiger partial charge in [0, 0.05) is 12.7 Å². The van der Waals surface area contributed by atoms with E-state index in [-0.39, 0.29) is 11.6 Å². The van der Waals surface area contributed by atoms with Crippen LogP contribution in [-0.4, -0.2) is 24.3 Å².